The Bertz CT molecular complexity index is 392. The lowest BCUT2D eigenvalue weighted by Crippen LogP contribution is -2.41. The van der Waals surface area contributed by atoms with Gasteiger partial charge in [0.25, 0.3) is 0 Å². The van der Waals surface area contributed by atoms with Crippen LogP contribution < -0.4 is 10.1 Å². The van der Waals surface area contributed by atoms with E-state index in [2.05, 4.69) is 43.1 Å². The van der Waals surface area contributed by atoms with Gasteiger partial charge in [-0.25, -0.2) is 0 Å². The van der Waals surface area contributed by atoms with E-state index >= 15 is 0 Å². The van der Waals surface area contributed by atoms with Crippen molar-refractivity contribution in [1.82, 2.24) is 5.32 Å². The lowest BCUT2D eigenvalue weighted by molar-refractivity contribution is 0.414. The minimum absolute atomic E-state index is 0.534. The molecule has 0 amide bonds. The van der Waals surface area contributed by atoms with Crippen molar-refractivity contribution in [3.63, 3.8) is 0 Å². The number of methoxy groups -OCH3 is 1. The minimum Gasteiger partial charge on any atom is -0.497 e. The molecule has 1 aliphatic carbocycles. The van der Waals surface area contributed by atoms with Crippen LogP contribution in [0, 0.1) is 0 Å². The largest absolute Gasteiger partial charge is 0.497 e. The van der Waals surface area contributed by atoms with Gasteiger partial charge in [-0.05, 0) is 49.6 Å². The van der Waals surface area contributed by atoms with Crippen molar-refractivity contribution >= 4 is 11.8 Å². The first kappa shape index (κ1) is 15.7. The Morgan fingerprint density at radius 3 is 2.70 bits per heavy atom. The second kappa shape index (κ2) is 7.94. The van der Waals surface area contributed by atoms with Gasteiger partial charge in [0.15, 0.2) is 0 Å². The maximum Gasteiger partial charge on any atom is 0.118 e. The van der Waals surface area contributed by atoms with Crippen LogP contribution >= 0.6 is 11.8 Å². The highest BCUT2D eigenvalue weighted by Gasteiger charge is 2.27. The zero-order valence-corrected chi connectivity index (χ0v) is 13.7. The number of rotatable bonds is 7. The van der Waals surface area contributed by atoms with Crippen LogP contribution in [0.15, 0.2) is 24.3 Å². The first-order chi connectivity index (χ1) is 9.72. The Morgan fingerprint density at radius 2 is 2.05 bits per heavy atom. The summed E-state index contributed by atoms with van der Waals surface area (Å²) in [5.74, 6) is 2.17. The molecule has 20 heavy (non-hydrogen) atoms. The average molecular weight is 293 g/mol. The molecule has 1 aliphatic rings. The van der Waals surface area contributed by atoms with E-state index < -0.39 is 0 Å². The molecule has 1 fully saturated rings. The maximum absolute atomic E-state index is 5.20. The van der Waals surface area contributed by atoms with E-state index in [0.29, 0.717) is 12.1 Å². The van der Waals surface area contributed by atoms with Crippen molar-refractivity contribution in [2.24, 2.45) is 0 Å². The van der Waals surface area contributed by atoms with Crippen molar-refractivity contribution in [2.45, 2.75) is 56.9 Å². The Kier molecular flexibility index (Phi) is 6.24. The highest BCUT2D eigenvalue weighted by molar-refractivity contribution is 7.99. The molecular weight excluding hydrogens is 266 g/mol. The Hall–Kier alpha value is -0.670. The second-order valence-corrected chi connectivity index (χ2v) is 7.17. The summed E-state index contributed by atoms with van der Waals surface area (Å²) in [6, 6.07) is 9.67. The van der Waals surface area contributed by atoms with Crippen LogP contribution in [0.25, 0.3) is 0 Å². The van der Waals surface area contributed by atoms with E-state index in [1.165, 1.54) is 30.6 Å². The van der Waals surface area contributed by atoms with Crippen LogP contribution in [-0.4, -0.2) is 30.2 Å². The van der Waals surface area contributed by atoms with Crippen LogP contribution in [0.1, 0.15) is 38.7 Å². The van der Waals surface area contributed by atoms with Gasteiger partial charge in [0.05, 0.1) is 7.11 Å². The normalized spacial score (nSPS) is 23.8. The molecule has 3 heteroatoms. The van der Waals surface area contributed by atoms with E-state index in [1.807, 2.05) is 12.1 Å². The van der Waals surface area contributed by atoms with Crippen molar-refractivity contribution in [3.8, 4) is 5.75 Å². The first-order valence-electron chi connectivity index (χ1n) is 7.73. The van der Waals surface area contributed by atoms with E-state index in [9.17, 15) is 0 Å². The summed E-state index contributed by atoms with van der Waals surface area (Å²) in [6.45, 7) is 4.57. The zero-order chi connectivity index (χ0) is 14.4. The lowest BCUT2D eigenvalue weighted by Gasteiger charge is -2.24. The highest BCUT2D eigenvalue weighted by atomic mass is 32.2. The third-order valence-corrected chi connectivity index (χ3v) is 5.36. The van der Waals surface area contributed by atoms with Gasteiger partial charge in [0.2, 0.25) is 0 Å². The molecule has 1 saturated carbocycles. The van der Waals surface area contributed by atoms with Gasteiger partial charge in [0, 0.05) is 17.3 Å². The molecule has 0 spiro atoms. The van der Waals surface area contributed by atoms with Crippen molar-refractivity contribution in [1.29, 1.82) is 0 Å². The lowest BCUT2D eigenvalue weighted by atomic mass is 10.1. The average Bonchev–Trinajstić information content (AvgIpc) is 2.87. The molecule has 0 heterocycles. The van der Waals surface area contributed by atoms with E-state index in [0.717, 1.165) is 17.4 Å². The van der Waals surface area contributed by atoms with Crippen LogP contribution in [0.2, 0.25) is 0 Å². The van der Waals surface area contributed by atoms with Crippen molar-refractivity contribution in [2.75, 3.05) is 12.9 Å². The van der Waals surface area contributed by atoms with Crippen LogP contribution in [-0.2, 0) is 6.42 Å². The SMILES string of the molecule is CCSC1CCCC1NC(C)Cc1ccc(OC)cc1. The summed E-state index contributed by atoms with van der Waals surface area (Å²) >= 11 is 2.12. The summed E-state index contributed by atoms with van der Waals surface area (Å²) in [5, 5.41) is 4.66. The molecule has 112 valence electrons. The topological polar surface area (TPSA) is 21.3 Å². The van der Waals surface area contributed by atoms with Gasteiger partial charge in [0.1, 0.15) is 5.75 Å². The molecule has 3 unspecified atom stereocenters. The molecule has 1 N–H and O–H groups in total. The smallest absolute Gasteiger partial charge is 0.118 e. The third kappa shape index (κ3) is 4.42. The fourth-order valence-electron chi connectivity index (χ4n) is 3.07. The molecule has 0 aromatic heterocycles. The van der Waals surface area contributed by atoms with Gasteiger partial charge < -0.3 is 10.1 Å². The fraction of sp³-hybridized carbons (Fsp3) is 0.647. The second-order valence-electron chi connectivity index (χ2n) is 5.65. The van der Waals surface area contributed by atoms with Crippen LogP contribution in [0.4, 0.5) is 0 Å². The Morgan fingerprint density at radius 1 is 1.30 bits per heavy atom. The summed E-state index contributed by atoms with van der Waals surface area (Å²) in [4.78, 5) is 0. The molecule has 0 saturated heterocycles. The van der Waals surface area contributed by atoms with Gasteiger partial charge in [-0.3, -0.25) is 0 Å². The van der Waals surface area contributed by atoms with Crippen molar-refractivity contribution < 1.29 is 4.74 Å². The standard InChI is InChI=1S/C17H27NOS/c1-4-20-17-7-5-6-16(17)18-13(2)12-14-8-10-15(19-3)11-9-14/h8-11,13,16-18H,4-7,12H2,1-3H3. The predicted octanol–water partition coefficient (Wildman–Crippen LogP) is 3.89. The molecule has 2 nitrogen and oxygen atoms in total. The molecular formula is C17H27NOS. The number of nitrogens with one attached hydrogen (secondary N) is 1. The molecule has 0 bridgehead atoms. The summed E-state index contributed by atoms with van der Waals surface area (Å²) in [6.07, 6.45) is 5.19. The van der Waals surface area contributed by atoms with Gasteiger partial charge in [-0.15, -0.1) is 0 Å². The zero-order valence-electron chi connectivity index (χ0n) is 12.9. The molecule has 3 atom stereocenters. The molecule has 0 radical (unpaired) electrons. The predicted molar refractivity (Wildman–Crippen MR) is 88.9 cm³/mol. The molecule has 1 aromatic carbocycles. The summed E-state index contributed by atoms with van der Waals surface area (Å²) in [7, 11) is 1.71. The minimum atomic E-state index is 0.534. The first-order valence-corrected chi connectivity index (χ1v) is 8.78. The Labute approximate surface area is 127 Å². The van der Waals surface area contributed by atoms with E-state index in [1.54, 1.807) is 7.11 Å². The van der Waals surface area contributed by atoms with Gasteiger partial charge in [-0.2, -0.15) is 11.8 Å². The van der Waals surface area contributed by atoms with Crippen LogP contribution in [0.5, 0.6) is 5.75 Å². The number of hydrogen-bond donors (Lipinski definition) is 1. The quantitative estimate of drug-likeness (QED) is 0.824. The summed E-state index contributed by atoms with van der Waals surface area (Å²) in [5.41, 5.74) is 1.38. The number of thioether (sulfide) groups is 1. The molecule has 1 aromatic rings. The van der Waals surface area contributed by atoms with E-state index in [-0.39, 0.29) is 0 Å². The fourth-order valence-corrected chi connectivity index (χ4v) is 4.28. The van der Waals surface area contributed by atoms with Crippen LogP contribution in [0.3, 0.4) is 0 Å². The maximum atomic E-state index is 5.20. The molecule has 0 aliphatic heterocycles. The monoisotopic (exact) mass is 293 g/mol. The van der Waals surface area contributed by atoms with Gasteiger partial charge in [-0.1, -0.05) is 25.5 Å². The summed E-state index contributed by atoms with van der Waals surface area (Å²) < 4.78 is 5.20. The third-order valence-electron chi connectivity index (χ3n) is 4.03. The van der Waals surface area contributed by atoms with Crippen molar-refractivity contribution in [3.05, 3.63) is 29.8 Å². The number of ether oxygens (including phenoxy) is 1. The highest BCUT2D eigenvalue weighted by Crippen LogP contribution is 2.30. The molecule has 2 rings (SSSR count). The van der Waals surface area contributed by atoms with Gasteiger partial charge >= 0.3 is 0 Å². The Balaban J connectivity index is 1.83. The number of hydrogen-bond acceptors (Lipinski definition) is 3. The number of benzene rings is 1. The van der Waals surface area contributed by atoms with E-state index in [4.69, 9.17) is 4.74 Å².